The molecule has 0 saturated heterocycles. The van der Waals surface area contributed by atoms with Gasteiger partial charge in [0, 0.05) is 0 Å². The van der Waals surface area contributed by atoms with Crippen molar-refractivity contribution < 1.29 is 0 Å². The predicted molar refractivity (Wildman–Crippen MR) is 64.6 cm³/mol. The highest BCUT2D eigenvalue weighted by Crippen LogP contribution is 2.73. The molecule has 3 aliphatic carbocycles. The van der Waals surface area contributed by atoms with Crippen LogP contribution in [0.1, 0.15) is 59.8 Å². The Balaban J connectivity index is 2.05. The monoisotopic (exact) mass is 206 g/mol. The van der Waals surface area contributed by atoms with Crippen LogP contribution in [0.2, 0.25) is 0 Å². The average Bonchev–Trinajstić information content (AvgIpc) is 2.70. The lowest BCUT2D eigenvalue weighted by atomic mass is 9.67. The minimum atomic E-state index is 0.643. The van der Waals surface area contributed by atoms with Gasteiger partial charge in [0.15, 0.2) is 0 Å². The summed E-state index contributed by atoms with van der Waals surface area (Å²) < 4.78 is 0. The van der Waals surface area contributed by atoms with Crippen LogP contribution in [0.4, 0.5) is 0 Å². The van der Waals surface area contributed by atoms with E-state index in [-0.39, 0.29) is 0 Å². The SMILES string of the molecule is CC1CC[C@@]23C1CC(C)(C)[C@@H]2CC[C@H]3C. The zero-order valence-electron chi connectivity index (χ0n) is 10.8. The average molecular weight is 206 g/mol. The Morgan fingerprint density at radius 1 is 1.00 bits per heavy atom. The van der Waals surface area contributed by atoms with Gasteiger partial charge < -0.3 is 0 Å². The second kappa shape index (κ2) is 2.81. The Labute approximate surface area is 94.8 Å². The van der Waals surface area contributed by atoms with Crippen molar-refractivity contribution in [1.29, 1.82) is 0 Å². The zero-order valence-corrected chi connectivity index (χ0v) is 10.8. The molecule has 5 atom stereocenters. The van der Waals surface area contributed by atoms with Gasteiger partial charge in [0.2, 0.25) is 0 Å². The van der Waals surface area contributed by atoms with Crippen molar-refractivity contribution in [3.8, 4) is 0 Å². The van der Waals surface area contributed by atoms with Crippen LogP contribution in [0, 0.1) is 34.5 Å². The first-order valence-corrected chi connectivity index (χ1v) is 6.98. The third-order valence-electron chi connectivity index (χ3n) is 6.55. The van der Waals surface area contributed by atoms with Crippen LogP contribution in [-0.2, 0) is 0 Å². The van der Waals surface area contributed by atoms with Crippen LogP contribution in [0.5, 0.6) is 0 Å². The fraction of sp³-hybridized carbons (Fsp3) is 1.00. The molecule has 2 unspecified atom stereocenters. The Morgan fingerprint density at radius 3 is 2.47 bits per heavy atom. The molecule has 0 amide bonds. The van der Waals surface area contributed by atoms with Gasteiger partial charge in [0.25, 0.3) is 0 Å². The lowest BCUT2D eigenvalue weighted by molar-refractivity contribution is 0.103. The van der Waals surface area contributed by atoms with Crippen molar-refractivity contribution in [2.24, 2.45) is 34.5 Å². The van der Waals surface area contributed by atoms with E-state index in [9.17, 15) is 0 Å². The molecule has 3 fully saturated rings. The molecular formula is C15H26. The lowest BCUT2D eigenvalue weighted by Gasteiger charge is -2.37. The van der Waals surface area contributed by atoms with E-state index in [2.05, 4.69) is 27.7 Å². The van der Waals surface area contributed by atoms with Gasteiger partial charge in [-0.25, -0.2) is 0 Å². The third-order valence-corrected chi connectivity index (χ3v) is 6.55. The van der Waals surface area contributed by atoms with Gasteiger partial charge in [0.1, 0.15) is 0 Å². The number of hydrogen-bond acceptors (Lipinski definition) is 0. The molecule has 0 nitrogen and oxygen atoms in total. The van der Waals surface area contributed by atoms with E-state index < -0.39 is 0 Å². The second-order valence-electron chi connectivity index (χ2n) is 7.46. The smallest absolute Gasteiger partial charge is 0.0207 e. The molecule has 0 bridgehead atoms. The fourth-order valence-electron chi connectivity index (χ4n) is 5.95. The Kier molecular flexibility index (Phi) is 1.91. The quantitative estimate of drug-likeness (QED) is 0.547. The first kappa shape index (κ1) is 10.2. The summed E-state index contributed by atoms with van der Waals surface area (Å²) in [5.41, 5.74) is 1.42. The molecule has 1 spiro atoms. The number of hydrogen-bond donors (Lipinski definition) is 0. The van der Waals surface area contributed by atoms with Gasteiger partial charge in [-0.1, -0.05) is 27.7 Å². The topological polar surface area (TPSA) is 0 Å². The van der Waals surface area contributed by atoms with Crippen molar-refractivity contribution in [3.05, 3.63) is 0 Å². The Morgan fingerprint density at radius 2 is 1.73 bits per heavy atom. The highest BCUT2D eigenvalue weighted by molar-refractivity contribution is 5.14. The van der Waals surface area contributed by atoms with Gasteiger partial charge in [-0.2, -0.15) is 0 Å². The van der Waals surface area contributed by atoms with Gasteiger partial charge in [-0.15, -0.1) is 0 Å². The van der Waals surface area contributed by atoms with Crippen molar-refractivity contribution in [1.82, 2.24) is 0 Å². The van der Waals surface area contributed by atoms with E-state index in [1.165, 1.54) is 25.7 Å². The lowest BCUT2D eigenvalue weighted by Crippen LogP contribution is -2.32. The van der Waals surface area contributed by atoms with Crippen LogP contribution in [0.15, 0.2) is 0 Å². The van der Waals surface area contributed by atoms with E-state index in [0.29, 0.717) is 5.41 Å². The summed E-state index contributed by atoms with van der Waals surface area (Å²) in [6.07, 6.45) is 7.62. The standard InChI is InChI=1S/C15H26/c1-10-7-8-15-11(2)5-6-13(15)14(3,4)9-12(10)15/h10-13H,5-9H2,1-4H3/t10?,11-,12?,13+,15-/m1/s1. The highest BCUT2D eigenvalue weighted by Gasteiger charge is 2.65. The van der Waals surface area contributed by atoms with E-state index in [4.69, 9.17) is 0 Å². The molecular weight excluding hydrogens is 180 g/mol. The van der Waals surface area contributed by atoms with Gasteiger partial charge in [-0.05, 0) is 66.6 Å². The zero-order chi connectivity index (χ0) is 10.8. The molecule has 15 heavy (non-hydrogen) atoms. The van der Waals surface area contributed by atoms with Crippen LogP contribution < -0.4 is 0 Å². The fourth-order valence-corrected chi connectivity index (χ4v) is 5.95. The molecule has 0 heterocycles. The van der Waals surface area contributed by atoms with Gasteiger partial charge in [0.05, 0.1) is 0 Å². The van der Waals surface area contributed by atoms with Gasteiger partial charge >= 0.3 is 0 Å². The molecule has 3 saturated carbocycles. The van der Waals surface area contributed by atoms with E-state index >= 15 is 0 Å². The summed E-state index contributed by atoms with van der Waals surface area (Å²) in [6.45, 7) is 10.2. The largest absolute Gasteiger partial charge is 0.0622 e. The van der Waals surface area contributed by atoms with Crippen molar-refractivity contribution in [2.45, 2.75) is 59.8 Å². The molecule has 86 valence electrons. The maximum absolute atomic E-state index is 2.55. The normalized spacial score (nSPS) is 56.8. The summed E-state index contributed by atoms with van der Waals surface area (Å²) in [6, 6.07) is 0. The Hall–Kier alpha value is 0. The van der Waals surface area contributed by atoms with E-state index in [1.807, 2.05) is 0 Å². The summed E-state index contributed by atoms with van der Waals surface area (Å²) in [4.78, 5) is 0. The highest BCUT2D eigenvalue weighted by atomic mass is 14.7. The van der Waals surface area contributed by atoms with E-state index in [1.54, 1.807) is 6.42 Å². The second-order valence-corrected chi connectivity index (χ2v) is 7.46. The minimum Gasteiger partial charge on any atom is -0.0622 e. The molecule has 0 aromatic heterocycles. The predicted octanol–water partition coefficient (Wildman–Crippen LogP) is 4.49. The van der Waals surface area contributed by atoms with Crippen molar-refractivity contribution >= 4 is 0 Å². The third kappa shape index (κ3) is 1.04. The molecule has 0 heteroatoms. The molecule has 3 rings (SSSR count). The summed E-state index contributed by atoms with van der Waals surface area (Å²) in [5, 5.41) is 0. The minimum absolute atomic E-state index is 0.643. The number of rotatable bonds is 0. The molecule has 0 aromatic carbocycles. The summed E-state index contributed by atoms with van der Waals surface area (Å²) in [5.74, 6) is 4.14. The maximum atomic E-state index is 2.55. The van der Waals surface area contributed by atoms with Crippen LogP contribution in [0.3, 0.4) is 0 Å². The van der Waals surface area contributed by atoms with Gasteiger partial charge in [-0.3, -0.25) is 0 Å². The maximum Gasteiger partial charge on any atom is -0.0207 e. The van der Waals surface area contributed by atoms with Crippen molar-refractivity contribution in [3.63, 3.8) is 0 Å². The van der Waals surface area contributed by atoms with E-state index in [0.717, 1.165) is 29.1 Å². The van der Waals surface area contributed by atoms with Crippen LogP contribution >= 0.6 is 0 Å². The molecule has 0 aliphatic heterocycles. The van der Waals surface area contributed by atoms with Crippen molar-refractivity contribution in [2.75, 3.05) is 0 Å². The summed E-state index contributed by atoms with van der Waals surface area (Å²) >= 11 is 0. The molecule has 0 aromatic rings. The molecule has 0 N–H and O–H groups in total. The first-order valence-electron chi connectivity index (χ1n) is 6.98. The summed E-state index contributed by atoms with van der Waals surface area (Å²) in [7, 11) is 0. The first-order chi connectivity index (χ1) is 6.98. The van der Waals surface area contributed by atoms with Crippen LogP contribution in [-0.4, -0.2) is 0 Å². The van der Waals surface area contributed by atoms with Crippen LogP contribution in [0.25, 0.3) is 0 Å². The molecule has 0 radical (unpaired) electrons. The Bertz CT molecular complexity index is 278. The molecule has 3 aliphatic rings.